The van der Waals surface area contributed by atoms with Crippen molar-refractivity contribution in [2.24, 2.45) is 5.92 Å². The molecule has 0 aromatic carbocycles. The molecule has 28 heavy (non-hydrogen) atoms. The second kappa shape index (κ2) is 8.03. The van der Waals surface area contributed by atoms with Crippen molar-refractivity contribution >= 4 is 33.2 Å². The topological polar surface area (TPSA) is 72.5 Å². The minimum atomic E-state index is 0.00502. The van der Waals surface area contributed by atoms with Crippen LogP contribution < -0.4 is 5.56 Å². The van der Waals surface area contributed by atoms with Gasteiger partial charge in [0, 0.05) is 32.5 Å². The van der Waals surface area contributed by atoms with E-state index in [1.165, 1.54) is 17.8 Å². The second-order valence-electron chi connectivity index (χ2n) is 7.99. The summed E-state index contributed by atoms with van der Waals surface area (Å²) in [6, 6.07) is 1.96. The normalized spacial score (nSPS) is 15.2. The molecule has 3 aromatic heterocycles. The maximum absolute atomic E-state index is 12.9. The zero-order valence-electron chi connectivity index (χ0n) is 16.6. The number of aryl methyl sites for hydroxylation is 1. The van der Waals surface area contributed by atoms with Gasteiger partial charge in [-0.1, -0.05) is 13.8 Å². The first kappa shape index (κ1) is 19.1. The van der Waals surface area contributed by atoms with Gasteiger partial charge in [0.2, 0.25) is 11.7 Å². The van der Waals surface area contributed by atoms with Crippen LogP contribution in [0.25, 0.3) is 16.0 Å². The standard InChI is InChI=1S/C20H27N5O2S/c1-14(2)13-24-19(27)18-15(9-12-28-18)25-16(21-22-20(24)25)7-6-8-17(26)23-10-4-3-5-11-23/h9,12,14H,3-8,10-11,13H2,1-2H3. The number of rotatable bonds is 6. The molecule has 0 radical (unpaired) electrons. The number of thiophene rings is 1. The van der Waals surface area contributed by atoms with E-state index in [9.17, 15) is 9.59 Å². The number of likely N-dealkylation sites (tertiary alicyclic amines) is 1. The molecule has 4 rings (SSSR count). The second-order valence-corrected chi connectivity index (χ2v) is 8.91. The number of piperidine rings is 1. The van der Waals surface area contributed by atoms with E-state index in [2.05, 4.69) is 24.0 Å². The highest BCUT2D eigenvalue weighted by Gasteiger charge is 2.19. The molecule has 0 N–H and O–H groups in total. The zero-order chi connectivity index (χ0) is 19.7. The van der Waals surface area contributed by atoms with Crippen LogP contribution in [0.5, 0.6) is 0 Å². The average Bonchev–Trinajstić information content (AvgIpc) is 3.32. The fraction of sp³-hybridized carbons (Fsp3) is 0.600. The van der Waals surface area contributed by atoms with Gasteiger partial charge in [-0.05, 0) is 43.0 Å². The molecule has 1 aliphatic rings. The Balaban J connectivity index is 1.59. The van der Waals surface area contributed by atoms with Gasteiger partial charge in [0.25, 0.3) is 5.56 Å². The molecule has 7 nitrogen and oxygen atoms in total. The van der Waals surface area contributed by atoms with Crippen LogP contribution in [0.2, 0.25) is 0 Å². The Bertz CT molecular complexity index is 1040. The largest absolute Gasteiger partial charge is 0.343 e. The molecule has 0 bridgehead atoms. The lowest BCUT2D eigenvalue weighted by atomic mass is 10.1. The maximum atomic E-state index is 12.9. The van der Waals surface area contributed by atoms with E-state index in [1.54, 1.807) is 4.57 Å². The third-order valence-electron chi connectivity index (χ3n) is 5.33. The van der Waals surface area contributed by atoms with Gasteiger partial charge in [0.1, 0.15) is 10.5 Å². The number of amides is 1. The van der Waals surface area contributed by atoms with Gasteiger partial charge in [-0.3, -0.25) is 18.6 Å². The van der Waals surface area contributed by atoms with Crippen LogP contribution >= 0.6 is 11.3 Å². The predicted molar refractivity (Wildman–Crippen MR) is 111 cm³/mol. The Kier molecular flexibility index (Phi) is 5.48. The van der Waals surface area contributed by atoms with Crippen LogP contribution in [0.1, 0.15) is 51.8 Å². The van der Waals surface area contributed by atoms with Gasteiger partial charge in [0.15, 0.2) is 0 Å². The summed E-state index contributed by atoms with van der Waals surface area (Å²) < 4.78 is 4.47. The molecule has 0 aliphatic carbocycles. The highest BCUT2D eigenvalue weighted by atomic mass is 32.1. The van der Waals surface area contributed by atoms with Crippen molar-refractivity contribution in [3.8, 4) is 0 Å². The Morgan fingerprint density at radius 3 is 2.75 bits per heavy atom. The molecule has 150 valence electrons. The molecule has 1 aliphatic heterocycles. The van der Waals surface area contributed by atoms with Crippen molar-refractivity contribution < 1.29 is 4.79 Å². The average molecular weight is 402 g/mol. The fourth-order valence-corrected chi connectivity index (χ4v) is 4.80. The third kappa shape index (κ3) is 3.57. The van der Waals surface area contributed by atoms with E-state index in [4.69, 9.17) is 0 Å². The number of aromatic nitrogens is 4. The number of hydrogen-bond acceptors (Lipinski definition) is 5. The van der Waals surface area contributed by atoms with Gasteiger partial charge >= 0.3 is 0 Å². The van der Waals surface area contributed by atoms with Crippen molar-refractivity contribution in [3.63, 3.8) is 0 Å². The Morgan fingerprint density at radius 2 is 2.00 bits per heavy atom. The Morgan fingerprint density at radius 1 is 1.21 bits per heavy atom. The molecule has 8 heteroatoms. The van der Waals surface area contributed by atoms with Crippen LogP contribution in [0.15, 0.2) is 16.2 Å². The highest BCUT2D eigenvalue weighted by molar-refractivity contribution is 7.17. The lowest BCUT2D eigenvalue weighted by Gasteiger charge is -2.26. The SMILES string of the molecule is CC(C)Cn1c(=O)c2sccc2n2c(CCCC(=O)N3CCCCC3)nnc12. The van der Waals surface area contributed by atoms with E-state index in [0.29, 0.717) is 31.1 Å². The number of carbonyl (C=O) groups is 1. The summed E-state index contributed by atoms with van der Waals surface area (Å²) >= 11 is 1.46. The lowest BCUT2D eigenvalue weighted by molar-refractivity contribution is -0.132. The monoisotopic (exact) mass is 401 g/mol. The van der Waals surface area contributed by atoms with Gasteiger partial charge in [-0.25, -0.2) is 0 Å². The number of fused-ring (bicyclic) bond motifs is 3. The number of nitrogens with zero attached hydrogens (tertiary/aromatic N) is 5. The minimum absolute atomic E-state index is 0.00502. The Hall–Kier alpha value is -2.22. The molecular formula is C20H27N5O2S. The van der Waals surface area contributed by atoms with Gasteiger partial charge in [-0.2, -0.15) is 0 Å². The van der Waals surface area contributed by atoms with Crippen molar-refractivity contribution in [1.82, 2.24) is 24.1 Å². The fourth-order valence-electron chi connectivity index (χ4n) is 3.97. The summed E-state index contributed by atoms with van der Waals surface area (Å²) in [5.74, 6) is 2.00. The van der Waals surface area contributed by atoms with E-state index < -0.39 is 0 Å². The molecule has 0 atom stereocenters. The zero-order valence-corrected chi connectivity index (χ0v) is 17.4. The summed E-state index contributed by atoms with van der Waals surface area (Å²) in [5.41, 5.74) is 0.873. The van der Waals surface area contributed by atoms with Crippen LogP contribution in [0.4, 0.5) is 0 Å². The summed E-state index contributed by atoms with van der Waals surface area (Å²) in [6.45, 7) is 6.57. The van der Waals surface area contributed by atoms with Crippen LogP contribution in [-0.2, 0) is 17.8 Å². The predicted octanol–water partition coefficient (Wildman–Crippen LogP) is 3.10. The molecule has 0 spiro atoms. The van der Waals surface area contributed by atoms with E-state index in [-0.39, 0.29) is 11.5 Å². The maximum Gasteiger partial charge on any atom is 0.272 e. The van der Waals surface area contributed by atoms with Crippen molar-refractivity contribution in [2.45, 2.75) is 58.9 Å². The van der Waals surface area contributed by atoms with Crippen LogP contribution in [-0.4, -0.2) is 43.1 Å². The molecule has 1 fully saturated rings. The highest BCUT2D eigenvalue weighted by Crippen LogP contribution is 2.21. The van der Waals surface area contributed by atoms with Crippen LogP contribution in [0.3, 0.4) is 0 Å². The van der Waals surface area contributed by atoms with Crippen molar-refractivity contribution in [1.29, 1.82) is 0 Å². The van der Waals surface area contributed by atoms with Crippen molar-refractivity contribution in [2.75, 3.05) is 13.1 Å². The molecule has 0 saturated carbocycles. The summed E-state index contributed by atoms with van der Waals surface area (Å²) in [6.07, 6.45) is 5.41. The number of hydrogen-bond donors (Lipinski definition) is 0. The molecule has 0 unspecified atom stereocenters. The summed E-state index contributed by atoms with van der Waals surface area (Å²) in [5, 5.41) is 10.7. The summed E-state index contributed by atoms with van der Waals surface area (Å²) in [4.78, 5) is 27.3. The van der Waals surface area contributed by atoms with Gasteiger partial charge in [-0.15, -0.1) is 21.5 Å². The quantitative estimate of drug-likeness (QED) is 0.636. The molecule has 1 saturated heterocycles. The van der Waals surface area contributed by atoms with E-state index in [1.807, 2.05) is 20.7 Å². The van der Waals surface area contributed by atoms with E-state index in [0.717, 1.165) is 48.4 Å². The molecule has 1 amide bonds. The minimum Gasteiger partial charge on any atom is -0.343 e. The molecular weight excluding hydrogens is 374 g/mol. The molecule has 3 aromatic rings. The smallest absolute Gasteiger partial charge is 0.272 e. The van der Waals surface area contributed by atoms with Gasteiger partial charge < -0.3 is 4.90 Å². The third-order valence-corrected chi connectivity index (χ3v) is 6.22. The van der Waals surface area contributed by atoms with Crippen LogP contribution in [0, 0.1) is 5.92 Å². The first-order valence-electron chi connectivity index (χ1n) is 10.2. The lowest BCUT2D eigenvalue weighted by Crippen LogP contribution is -2.35. The Labute approximate surface area is 168 Å². The summed E-state index contributed by atoms with van der Waals surface area (Å²) in [7, 11) is 0. The number of carbonyl (C=O) groups excluding carboxylic acids is 1. The van der Waals surface area contributed by atoms with Gasteiger partial charge in [0.05, 0.1) is 5.52 Å². The molecule has 4 heterocycles. The van der Waals surface area contributed by atoms with E-state index >= 15 is 0 Å². The first-order chi connectivity index (χ1) is 13.6. The van der Waals surface area contributed by atoms with Crippen molar-refractivity contribution in [3.05, 3.63) is 27.6 Å². The first-order valence-corrected chi connectivity index (χ1v) is 11.1.